The normalized spacial score (nSPS) is 25.2. The van der Waals surface area contributed by atoms with E-state index in [-0.39, 0.29) is 11.8 Å². The smallest absolute Gasteiger partial charge is 0.224 e. The molecule has 1 aliphatic heterocycles. The first kappa shape index (κ1) is 10.5. The van der Waals surface area contributed by atoms with Crippen LogP contribution < -0.4 is 10.6 Å². The third-order valence-corrected chi connectivity index (χ3v) is 2.24. The second-order valence-electron chi connectivity index (χ2n) is 3.64. The Morgan fingerprint density at radius 3 is 3.08 bits per heavy atom. The fourth-order valence-electron chi connectivity index (χ4n) is 1.47. The van der Waals surface area contributed by atoms with E-state index < -0.39 is 6.10 Å². The van der Waals surface area contributed by atoms with E-state index >= 15 is 0 Å². The number of piperidine rings is 1. The molecule has 0 aromatic heterocycles. The SMILES string of the molecule is CC(O)CNC(=O)[C@@H]1CCCNC1. The zero-order chi connectivity index (χ0) is 9.68. The van der Waals surface area contributed by atoms with Crippen molar-refractivity contribution < 1.29 is 9.90 Å². The second-order valence-corrected chi connectivity index (χ2v) is 3.64. The van der Waals surface area contributed by atoms with Crippen LogP contribution in [0.4, 0.5) is 0 Å². The predicted octanol–water partition coefficient (Wildman–Crippen LogP) is -0.517. The van der Waals surface area contributed by atoms with Crippen molar-refractivity contribution in [3.63, 3.8) is 0 Å². The van der Waals surface area contributed by atoms with Crippen LogP contribution in [0.2, 0.25) is 0 Å². The summed E-state index contributed by atoms with van der Waals surface area (Å²) in [7, 11) is 0. The molecule has 0 radical (unpaired) electrons. The monoisotopic (exact) mass is 186 g/mol. The Hall–Kier alpha value is -0.610. The first-order valence-electron chi connectivity index (χ1n) is 4.86. The highest BCUT2D eigenvalue weighted by atomic mass is 16.3. The fraction of sp³-hybridized carbons (Fsp3) is 0.889. The van der Waals surface area contributed by atoms with Crippen LogP contribution in [-0.2, 0) is 4.79 Å². The molecule has 0 saturated carbocycles. The van der Waals surface area contributed by atoms with E-state index in [9.17, 15) is 4.79 Å². The van der Waals surface area contributed by atoms with Crippen molar-refractivity contribution in [2.24, 2.45) is 5.92 Å². The summed E-state index contributed by atoms with van der Waals surface area (Å²) in [4.78, 5) is 11.4. The van der Waals surface area contributed by atoms with E-state index in [1.807, 2.05) is 0 Å². The van der Waals surface area contributed by atoms with Crippen molar-refractivity contribution in [2.45, 2.75) is 25.9 Å². The van der Waals surface area contributed by atoms with E-state index in [4.69, 9.17) is 5.11 Å². The van der Waals surface area contributed by atoms with E-state index in [0.717, 1.165) is 25.9 Å². The molecule has 13 heavy (non-hydrogen) atoms. The molecular formula is C9H18N2O2. The van der Waals surface area contributed by atoms with E-state index in [1.165, 1.54) is 0 Å². The lowest BCUT2D eigenvalue weighted by Gasteiger charge is -2.22. The number of hydrogen-bond acceptors (Lipinski definition) is 3. The van der Waals surface area contributed by atoms with Crippen molar-refractivity contribution in [3.05, 3.63) is 0 Å². The van der Waals surface area contributed by atoms with Crippen molar-refractivity contribution in [3.8, 4) is 0 Å². The molecule has 0 aromatic carbocycles. The van der Waals surface area contributed by atoms with Crippen molar-refractivity contribution in [2.75, 3.05) is 19.6 Å². The van der Waals surface area contributed by atoms with Gasteiger partial charge in [-0.1, -0.05) is 0 Å². The summed E-state index contributed by atoms with van der Waals surface area (Å²) in [5.74, 6) is 0.153. The van der Waals surface area contributed by atoms with E-state index in [1.54, 1.807) is 6.92 Å². The molecule has 0 spiro atoms. The summed E-state index contributed by atoms with van der Waals surface area (Å²) in [5, 5.41) is 14.9. The number of amides is 1. The minimum atomic E-state index is -0.458. The largest absolute Gasteiger partial charge is 0.392 e. The number of rotatable bonds is 3. The van der Waals surface area contributed by atoms with Crippen LogP contribution in [-0.4, -0.2) is 36.8 Å². The van der Waals surface area contributed by atoms with Gasteiger partial charge in [-0.3, -0.25) is 4.79 Å². The standard InChI is InChI=1S/C9H18N2O2/c1-7(12)5-11-9(13)8-3-2-4-10-6-8/h7-8,10,12H,2-6H2,1H3,(H,11,13)/t7?,8-/m1/s1. The Labute approximate surface area is 78.7 Å². The summed E-state index contributed by atoms with van der Waals surface area (Å²) in [6, 6.07) is 0. The molecule has 4 heteroatoms. The van der Waals surface area contributed by atoms with E-state index in [0.29, 0.717) is 6.54 Å². The first-order chi connectivity index (χ1) is 6.20. The van der Waals surface area contributed by atoms with Crippen molar-refractivity contribution in [1.29, 1.82) is 0 Å². The van der Waals surface area contributed by atoms with Gasteiger partial charge in [0.2, 0.25) is 5.91 Å². The van der Waals surface area contributed by atoms with Crippen LogP contribution in [0.1, 0.15) is 19.8 Å². The summed E-state index contributed by atoms with van der Waals surface area (Å²) in [6.45, 7) is 3.81. The molecule has 1 saturated heterocycles. The fourth-order valence-corrected chi connectivity index (χ4v) is 1.47. The third kappa shape index (κ3) is 3.74. The maximum absolute atomic E-state index is 11.4. The van der Waals surface area contributed by atoms with Crippen molar-refractivity contribution >= 4 is 5.91 Å². The molecule has 1 amide bonds. The average molecular weight is 186 g/mol. The molecule has 1 rings (SSSR count). The quantitative estimate of drug-likeness (QED) is 0.556. The molecule has 1 aliphatic rings. The van der Waals surface area contributed by atoms with Gasteiger partial charge < -0.3 is 15.7 Å². The highest BCUT2D eigenvalue weighted by Gasteiger charge is 2.20. The Bertz CT molecular complexity index is 165. The average Bonchev–Trinajstić information content (AvgIpc) is 2.15. The Kier molecular flexibility index (Phi) is 4.18. The lowest BCUT2D eigenvalue weighted by molar-refractivity contribution is -0.125. The van der Waals surface area contributed by atoms with Gasteiger partial charge in [0.25, 0.3) is 0 Å². The highest BCUT2D eigenvalue weighted by molar-refractivity contribution is 5.78. The molecule has 1 fully saturated rings. The lowest BCUT2D eigenvalue weighted by atomic mass is 9.99. The van der Waals surface area contributed by atoms with Gasteiger partial charge in [0.1, 0.15) is 0 Å². The summed E-state index contributed by atoms with van der Waals surface area (Å²) in [5.41, 5.74) is 0. The number of aliphatic hydroxyl groups excluding tert-OH is 1. The Balaban J connectivity index is 2.21. The summed E-state index contributed by atoms with van der Waals surface area (Å²) >= 11 is 0. The van der Waals surface area contributed by atoms with Gasteiger partial charge in [0.15, 0.2) is 0 Å². The number of carbonyl (C=O) groups is 1. The molecule has 1 heterocycles. The number of nitrogens with one attached hydrogen (secondary N) is 2. The number of carbonyl (C=O) groups excluding carboxylic acids is 1. The zero-order valence-corrected chi connectivity index (χ0v) is 8.05. The lowest BCUT2D eigenvalue weighted by Crippen LogP contribution is -2.42. The van der Waals surface area contributed by atoms with Crippen LogP contribution >= 0.6 is 0 Å². The Morgan fingerprint density at radius 2 is 2.54 bits per heavy atom. The molecule has 0 aliphatic carbocycles. The van der Waals surface area contributed by atoms with Crippen molar-refractivity contribution in [1.82, 2.24) is 10.6 Å². The second kappa shape index (κ2) is 5.19. The molecule has 4 nitrogen and oxygen atoms in total. The van der Waals surface area contributed by atoms with Crippen LogP contribution in [0.15, 0.2) is 0 Å². The molecule has 76 valence electrons. The van der Waals surface area contributed by atoms with Gasteiger partial charge in [0, 0.05) is 13.1 Å². The molecule has 0 bridgehead atoms. The van der Waals surface area contributed by atoms with Gasteiger partial charge in [-0.15, -0.1) is 0 Å². The number of aliphatic hydroxyl groups is 1. The van der Waals surface area contributed by atoms with Gasteiger partial charge in [-0.25, -0.2) is 0 Å². The third-order valence-electron chi connectivity index (χ3n) is 2.24. The van der Waals surface area contributed by atoms with Crippen LogP contribution in [0.25, 0.3) is 0 Å². The van der Waals surface area contributed by atoms with Gasteiger partial charge in [0.05, 0.1) is 12.0 Å². The highest BCUT2D eigenvalue weighted by Crippen LogP contribution is 2.09. The Morgan fingerprint density at radius 1 is 1.77 bits per heavy atom. The molecule has 0 aromatic rings. The predicted molar refractivity (Wildman–Crippen MR) is 50.3 cm³/mol. The zero-order valence-electron chi connectivity index (χ0n) is 8.05. The van der Waals surface area contributed by atoms with Crippen LogP contribution in [0.3, 0.4) is 0 Å². The van der Waals surface area contributed by atoms with Gasteiger partial charge in [-0.2, -0.15) is 0 Å². The minimum Gasteiger partial charge on any atom is -0.392 e. The van der Waals surface area contributed by atoms with Crippen LogP contribution in [0.5, 0.6) is 0 Å². The minimum absolute atomic E-state index is 0.0631. The molecule has 1 unspecified atom stereocenters. The van der Waals surface area contributed by atoms with Crippen LogP contribution in [0, 0.1) is 5.92 Å². The molecular weight excluding hydrogens is 168 g/mol. The van der Waals surface area contributed by atoms with Gasteiger partial charge in [-0.05, 0) is 26.3 Å². The van der Waals surface area contributed by atoms with E-state index in [2.05, 4.69) is 10.6 Å². The maximum Gasteiger partial charge on any atom is 0.224 e. The molecule has 2 atom stereocenters. The summed E-state index contributed by atoms with van der Waals surface area (Å²) < 4.78 is 0. The first-order valence-corrected chi connectivity index (χ1v) is 4.86. The molecule has 3 N–H and O–H groups in total. The van der Waals surface area contributed by atoms with Gasteiger partial charge >= 0.3 is 0 Å². The topological polar surface area (TPSA) is 61.4 Å². The number of hydrogen-bond donors (Lipinski definition) is 3. The maximum atomic E-state index is 11.4. The summed E-state index contributed by atoms with van der Waals surface area (Å²) in [6.07, 6.45) is 1.56.